The number of anilines is 1. The van der Waals surface area contributed by atoms with Crippen LogP contribution in [-0.2, 0) is 6.42 Å². The van der Waals surface area contributed by atoms with Crippen molar-refractivity contribution in [3.63, 3.8) is 0 Å². The summed E-state index contributed by atoms with van der Waals surface area (Å²) in [5.41, 5.74) is 2.04. The fourth-order valence-electron chi connectivity index (χ4n) is 2.07. The molecule has 0 amide bonds. The third-order valence-corrected chi connectivity index (χ3v) is 3.28. The number of allylic oxidation sites excluding steroid dienone is 1. The van der Waals surface area contributed by atoms with Crippen LogP contribution in [0.3, 0.4) is 0 Å². The molecule has 0 saturated heterocycles. The maximum atomic E-state index is 9.14. The van der Waals surface area contributed by atoms with Crippen LogP contribution in [0.1, 0.15) is 11.5 Å². The number of hydrogen-bond acceptors (Lipinski definition) is 7. The van der Waals surface area contributed by atoms with E-state index in [1.165, 1.54) is 6.20 Å². The van der Waals surface area contributed by atoms with Gasteiger partial charge in [-0.1, -0.05) is 12.1 Å². The zero-order valence-corrected chi connectivity index (χ0v) is 13.3. The Bertz CT molecular complexity index is 870. The van der Waals surface area contributed by atoms with Crippen molar-refractivity contribution < 1.29 is 4.74 Å². The molecule has 1 aromatic carbocycles. The molecule has 0 atom stereocenters. The molecule has 0 radical (unpaired) electrons. The Hall–Kier alpha value is -3.73. The second kappa shape index (κ2) is 8.21. The zero-order valence-electron chi connectivity index (χ0n) is 13.3. The lowest BCUT2D eigenvalue weighted by molar-refractivity contribution is 0.320. The van der Waals surface area contributed by atoms with Gasteiger partial charge in [0.15, 0.2) is 0 Å². The number of pyridine rings is 1. The van der Waals surface area contributed by atoms with E-state index in [1.54, 1.807) is 6.20 Å². The molecule has 0 bridgehead atoms. The highest BCUT2D eigenvalue weighted by atomic mass is 16.5. The smallest absolute Gasteiger partial charge is 0.216 e. The van der Waals surface area contributed by atoms with Crippen molar-refractivity contribution in [2.45, 2.75) is 6.42 Å². The number of ether oxygens (including phenoxy) is 1. The van der Waals surface area contributed by atoms with Gasteiger partial charge in [-0.3, -0.25) is 4.98 Å². The Labute approximate surface area is 144 Å². The molecule has 8 heteroatoms. The van der Waals surface area contributed by atoms with E-state index >= 15 is 0 Å². The Morgan fingerprint density at radius 2 is 2.24 bits per heavy atom. The standard InChI is InChI=1S/C17H15N7O/c18-11-13(17-21-23-24-22-17)12-20-15-5-3-6-16(10-15)25-9-7-14-4-1-2-8-19-14/h1-6,8,10,12,20H,7,9H2,(H,21,22,23,24). The number of tetrazole rings is 1. The number of nitriles is 1. The summed E-state index contributed by atoms with van der Waals surface area (Å²) in [5, 5.41) is 25.5. The molecule has 25 heavy (non-hydrogen) atoms. The van der Waals surface area contributed by atoms with E-state index in [4.69, 9.17) is 10.00 Å². The molecule has 0 unspecified atom stereocenters. The van der Waals surface area contributed by atoms with Crippen molar-refractivity contribution in [3.8, 4) is 11.8 Å². The van der Waals surface area contributed by atoms with E-state index in [0.29, 0.717) is 6.61 Å². The topological polar surface area (TPSA) is 112 Å². The molecule has 124 valence electrons. The number of nitrogens with one attached hydrogen (secondary N) is 2. The molecule has 0 aliphatic heterocycles. The summed E-state index contributed by atoms with van der Waals surface area (Å²) in [6.45, 7) is 0.530. The summed E-state index contributed by atoms with van der Waals surface area (Å²) in [7, 11) is 0. The van der Waals surface area contributed by atoms with Gasteiger partial charge in [0.1, 0.15) is 17.4 Å². The Morgan fingerprint density at radius 1 is 1.28 bits per heavy atom. The number of benzene rings is 1. The quantitative estimate of drug-likeness (QED) is 0.637. The first kappa shape index (κ1) is 16.1. The lowest BCUT2D eigenvalue weighted by atomic mass is 10.2. The zero-order chi connectivity index (χ0) is 17.3. The Balaban J connectivity index is 1.59. The minimum Gasteiger partial charge on any atom is -0.493 e. The van der Waals surface area contributed by atoms with E-state index < -0.39 is 0 Å². The van der Waals surface area contributed by atoms with Gasteiger partial charge in [-0.05, 0) is 29.5 Å². The van der Waals surface area contributed by atoms with Crippen molar-refractivity contribution in [1.29, 1.82) is 5.26 Å². The summed E-state index contributed by atoms with van der Waals surface area (Å²) in [5.74, 6) is 0.963. The maximum absolute atomic E-state index is 9.14. The van der Waals surface area contributed by atoms with E-state index in [0.717, 1.165) is 23.6 Å². The van der Waals surface area contributed by atoms with E-state index in [2.05, 4.69) is 30.9 Å². The first-order valence-corrected chi connectivity index (χ1v) is 7.58. The van der Waals surface area contributed by atoms with E-state index in [9.17, 15) is 0 Å². The number of rotatable bonds is 7. The summed E-state index contributed by atoms with van der Waals surface area (Å²) >= 11 is 0. The number of aromatic amines is 1. The maximum Gasteiger partial charge on any atom is 0.216 e. The number of H-pyrrole nitrogens is 1. The van der Waals surface area contributed by atoms with Crippen molar-refractivity contribution in [1.82, 2.24) is 25.6 Å². The van der Waals surface area contributed by atoms with Crippen LogP contribution in [-0.4, -0.2) is 32.2 Å². The van der Waals surface area contributed by atoms with Crippen molar-refractivity contribution in [3.05, 3.63) is 66.4 Å². The predicted octanol–water partition coefficient (Wildman–Crippen LogP) is 2.19. The molecule has 0 aliphatic carbocycles. The van der Waals surface area contributed by atoms with E-state index in [-0.39, 0.29) is 11.4 Å². The van der Waals surface area contributed by atoms with Crippen LogP contribution in [0, 0.1) is 11.3 Å². The monoisotopic (exact) mass is 333 g/mol. The van der Waals surface area contributed by atoms with Gasteiger partial charge in [0, 0.05) is 36.3 Å². The molecule has 0 aliphatic rings. The van der Waals surface area contributed by atoms with Gasteiger partial charge in [-0.15, -0.1) is 10.2 Å². The minimum absolute atomic E-state index is 0.234. The Morgan fingerprint density at radius 3 is 3.00 bits per heavy atom. The number of aromatic nitrogens is 5. The van der Waals surface area contributed by atoms with Gasteiger partial charge < -0.3 is 10.1 Å². The second-order valence-electron chi connectivity index (χ2n) is 5.00. The first-order valence-electron chi connectivity index (χ1n) is 7.58. The third kappa shape index (κ3) is 4.62. The summed E-state index contributed by atoms with van der Waals surface area (Å²) in [4.78, 5) is 4.26. The predicted molar refractivity (Wildman–Crippen MR) is 91.3 cm³/mol. The van der Waals surface area contributed by atoms with Crippen molar-refractivity contribution >= 4 is 11.3 Å². The highest BCUT2D eigenvalue weighted by molar-refractivity contribution is 5.74. The largest absolute Gasteiger partial charge is 0.493 e. The number of hydrogen-bond donors (Lipinski definition) is 2. The van der Waals surface area contributed by atoms with Crippen LogP contribution >= 0.6 is 0 Å². The normalized spacial score (nSPS) is 10.9. The van der Waals surface area contributed by atoms with Gasteiger partial charge in [-0.2, -0.15) is 10.5 Å². The lowest BCUT2D eigenvalue weighted by Crippen LogP contribution is -2.03. The molecule has 2 N–H and O–H groups in total. The molecule has 8 nitrogen and oxygen atoms in total. The van der Waals surface area contributed by atoms with Gasteiger partial charge in [0.05, 0.1) is 6.61 Å². The molecule has 0 saturated carbocycles. The Kier molecular flexibility index (Phi) is 5.30. The summed E-state index contributed by atoms with van der Waals surface area (Å²) in [6, 6.07) is 15.3. The molecule has 3 aromatic rings. The van der Waals surface area contributed by atoms with Gasteiger partial charge in [0.25, 0.3) is 0 Å². The molecule has 0 fully saturated rings. The van der Waals surface area contributed by atoms with Crippen LogP contribution in [0.5, 0.6) is 5.75 Å². The SMILES string of the molecule is N#CC(=CNc1cccc(OCCc2ccccn2)c1)c1nn[nH]n1. The van der Waals surface area contributed by atoms with Gasteiger partial charge >= 0.3 is 0 Å². The van der Waals surface area contributed by atoms with Gasteiger partial charge in [-0.25, -0.2) is 0 Å². The molecule has 3 rings (SSSR count). The summed E-state index contributed by atoms with van der Waals surface area (Å²) < 4.78 is 5.75. The fourth-order valence-corrected chi connectivity index (χ4v) is 2.07. The highest BCUT2D eigenvalue weighted by Gasteiger charge is 2.05. The lowest BCUT2D eigenvalue weighted by Gasteiger charge is -2.08. The second-order valence-corrected chi connectivity index (χ2v) is 5.00. The highest BCUT2D eigenvalue weighted by Crippen LogP contribution is 2.18. The van der Waals surface area contributed by atoms with Crippen LogP contribution in [0.25, 0.3) is 5.57 Å². The van der Waals surface area contributed by atoms with Crippen LogP contribution < -0.4 is 10.1 Å². The van der Waals surface area contributed by atoms with Gasteiger partial charge in [0.2, 0.25) is 5.82 Å². The molecular formula is C17H15N7O. The minimum atomic E-state index is 0.234. The van der Waals surface area contributed by atoms with Crippen LogP contribution in [0.15, 0.2) is 54.9 Å². The molecular weight excluding hydrogens is 318 g/mol. The van der Waals surface area contributed by atoms with Crippen molar-refractivity contribution in [2.24, 2.45) is 0 Å². The van der Waals surface area contributed by atoms with Crippen LogP contribution in [0.4, 0.5) is 5.69 Å². The average Bonchev–Trinajstić information content (AvgIpc) is 3.18. The average molecular weight is 333 g/mol. The summed E-state index contributed by atoms with van der Waals surface area (Å²) in [6.07, 6.45) is 4.02. The molecule has 2 aromatic heterocycles. The number of nitrogens with zero attached hydrogens (tertiary/aromatic N) is 5. The molecule has 0 spiro atoms. The fraction of sp³-hybridized carbons (Fsp3) is 0.118. The van der Waals surface area contributed by atoms with E-state index in [1.807, 2.05) is 48.5 Å². The third-order valence-electron chi connectivity index (χ3n) is 3.28. The van der Waals surface area contributed by atoms with Crippen molar-refractivity contribution in [2.75, 3.05) is 11.9 Å². The first-order chi connectivity index (χ1) is 12.3. The molecule has 2 heterocycles. The van der Waals surface area contributed by atoms with Crippen LogP contribution in [0.2, 0.25) is 0 Å².